The van der Waals surface area contributed by atoms with Gasteiger partial charge in [0.05, 0.1) is 20.3 Å². The third kappa shape index (κ3) is 7.67. The maximum atomic E-state index is 5.35. The van der Waals surface area contributed by atoms with Gasteiger partial charge >= 0.3 is 0 Å². The lowest BCUT2D eigenvalue weighted by molar-refractivity contribution is 0.0389. The molecule has 2 N–H and O–H groups in total. The van der Waals surface area contributed by atoms with E-state index < -0.39 is 0 Å². The first-order valence-corrected chi connectivity index (χ1v) is 8.19. The third-order valence-corrected chi connectivity index (χ3v) is 3.89. The van der Waals surface area contributed by atoms with Gasteiger partial charge in [-0.3, -0.25) is 9.89 Å². The van der Waals surface area contributed by atoms with Crippen LogP contribution in [-0.2, 0) is 11.2 Å². The predicted octanol–water partition coefficient (Wildman–Crippen LogP) is 1.35. The molecule has 24 heavy (non-hydrogen) atoms. The Balaban J connectivity index is 0.00000288. The maximum Gasteiger partial charge on any atom is 0.191 e. The van der Waals surface area contributed by atoms with Crippen molar-refractivity contribution in [2.24, 2.45) is 4.99 Å². The first kappa shape index (κ1) is 21.0. The van der Waals surface area contributed by atoms with Crippen molar-refractivity contribution in [1.82, 2.24) is 15.5 Å². The smallest absolute Gasteiger partial charge is 0.191 e. The van der Waals surface area contributed by atoms with E-state index >= 15 is 0 Å². The second kappa shape index (κ2) is 12.3. The summed E-state index contributed by atoms with van der Waals surface area (Å²) in [4.78, 5) is 6.66. The molecule has 0 radical (unpaired) electrons. The number of methoxy groups -OCH3 is 1. The van der Waals surface area contributed by atoms with Crippen molar-refractivity contribution in [2.45, 2.75) is 6.42 Å². The summed E-state index contributed by atoms with van der Waals surface area (Å²) in [5.74, 6) is 1.75. The second-order valence-corrected chi connectivity index (χ2v) is 5.48. The summed E-state index contributed by atoms with van der Waals surface area (Å²) in [6, 6.07) is 8.15. The van der Waals surface area contributed by atoms with E-state index in [0.717, 1.165) is 64.1 Å². The van der Waals surface area contributed by atoms with E-state index in [2.05, 4.69) is 32.7 Å². The standard InChI is InChI=1S/C17H28N4O2.HI/c1-18-17(20-8-9-21-10-12-23-13-11-21)19-7-6-15-4-3-5-16(14-15)22-2;/h3-5,14H,6-13H2,1-2H3,(H2,18,19,20);1H. The monoisotopic (exact) mass is 448 g/mol. The highest BCUT2D eigenvalue weighted by Crippen LogP contribution is 2.12. The van der Waals surface area contributed by atoms with Crippen LogP contribution in [0.4, 0.5) is 0 Å². The summed E-state index contributed by atoms with van der Waals surface area (Å²) < 4.78 is 10.6. The molecule has 0 aromatic heterocycles. The van der Waals surface area contributed by atoms with Gasteiger partial charge in [-0.1, -0.05) is 12.1 Å². The SMILES string of the molecule is CN=C(NCCc1cccc(OC)c1)NCCN1CCOCC1.I. The lowest BCUT2D eigenvalue weighted by Crippen LogP contribution is -2.44. The third-order valence-electron chi connectivity index (χ3n) is 3.89. The molecule has 1 aromatic rings. The Bertz CT molecular complexity index is 493. The highest BCUT2D eigenvalue weighted by atomic mass is 127. The minimum atomic E-state index is 0. The summed E-state index contributed by atoms with van der Waals surface area (Å²) >= 11 is 0. The van der Waals surface area contributed by atoms with Crippen molar-refractivity contribution in [3.63, 3.8) is 0 Å². The van der Waals surface area contributed by atoms with E-state index in [1.807, 2.05) is 12.1 Å². The largest absolute Gasteiger partial charge is 0.497 e. The van der Waals surface area contributed by atoms with Crippen LogP contribution in [-0.4, -0.2) is 71.0 Å². The van der Waals surface area contributed by atoms with E-state index in [1.165, 1.54) is 5.56 Å². The van der Waals surface area contributed by atoms with Gasteiger partial charge in [-0.25, -0.2) is 0 Å². The summed E-state index contributed by atoms with van der Waals surface area (Å²) in [6.45, 7) is 6.46. The minimum Gasteiger partial charge on any atom is -0.497 e. The number of aliphatic imine (C=N–C) groups is 1. The number of nitrogens with zero attached hydrogens (tertiary/aromatic N) is 2. The van der Waals surface area contributed by atoms with Crippen LogP contribution in [0.2, 0.25) is 0 Å². The normalized spacial score (nSPS) is 15.5. The van der Waals surface area contributed by atoms with Gasteiger partial charge in [0.1, 0.15) is 5.75 Å². The van der Waals surface area contributed by atoms with Crippen LogP contribution in [0.5, 0.6) is 5.75 Å². The average molecular weight is 448 g/mol. The number of hydrogen-bond acceptors (Lipinski definition) is 4. The summed E-state index contributed by atoms with van der Waals surface area (Å²) in [5.41, 5.74) is 1.25. The molecule has 1 aliphatic heterocycles. The van der Waals surface area contributed by atoms with Crippen molar-refractivity contribution in [1.29, 1.82) is 0 Å². The van der Waals surface area contributed by atoms with Crippen molar-refractivity contribution in [3.8, 4) is 5.75 Å². The number of rotatable bonds is 7. The maximum absolute atomic E-state index is 5.35. The molecule has 1 saturated heterocycles. The molecule has 1 heterocycles. The molecule has 1 aliphatic rings. The number of hydrogen-bond donors (Lipinski definition) is 2. The van der Waals surface area contributed by atoms with Crippen molar-refractivity contribution in [3.05, 3.63) is 29.8 Å². The molecular formula is C17H29IN4O2. The Kier molecular flexibility index (Phi) is 10.8. The first-order chi connectivity index (χ1) is 11.3. The Morgan fingerprint density at radius 2 is 2.00 bits per heavy atom. The summed E-state index contributed by atoms with van der Waals surface area (Å²) in [6.07, 6.45) is 0.932. The van der Waals surface area contributed by atoms with Gasteiger partial charge in [0.15, 0.2) is 5.96 Å². The molecular weight excluding hydrogens is 419 g/mol. The molecule has 1 fully saturated rings. The lowest BCUT2D eigenvalue weighted by Gasteiger charge is -2.26. The number of morpholine rings is 1. The van der Waals surface area contributed by atoms with Crippen LogP contribution in [0, 0.1) is 0 Å². The number of halogens is 1. The molecule has 0 spiro atoms. The molecule has 0 amide bonds. The van der Waals surface area contributed by atoms with E-state index in [9.17, 15) is 0 Å². The highest BCUT2D eigenvalue weighted by Gasteiger charge is 2.09. The average Bonchev–Trinajstić information content (AvgIpc) is 2.61. The molecule has 7 heteroatoms. The molecule has 6 nitrogen and oxygen atoms in total. The van der Waals surface area contributed by atoms with Crippen LogP contribution in [0.3, 0.4) is 0 Å². The molecule has 0 bridgehead atoms. The zero-order valence-corrected chi connectivity index (χ0v) is 16.9. The molecule has 0 unspecified atom stereocenters. The second-order valence-electron chi connectivity index (χ2n) is 5.48. The predicted molar refractivity (Wildman–Crippen MR) is 109 cm³/mol. The van der Waals surface area contributed by atoms with Crippen LogP contribution in [0.1, 0.15) is 5.56 Å². The first-order valence-electron chi connectivity index (χ1n) is 8.19. The van der Waals surface area contributed by atoms with Crippen LogP contribution in [0.15, 0.2) is 29.3 Å². The fraction of sp³-hybridized carbons (Fsp3) is 0.588. The van der Waals surface area contributed by atoms with E-state index in [1.54, 1.807) is 14.2 Å². The van der Waals surface area contributed by atoms with Crippen molar-refractivity contribution in [2.75, 3.05) is 60.1 Å². The van der Waals surface area contributed by atoms with Gasteiger partial charge in [0, 0.05) is 39.8 Å². The molecule has 0 atom stereocenters. The van der Waals surface area contributed by atoms with Crippen LogP contribution >= 0.6 is 24.0 Å². The van der Waals surface area contributed by atoms with Gasteiger partial charge < -0.3 is 20.1 Å². The van der Waals surface area contributed by atoms with Crippen LogP contribution in [0.25, 0.3) is 0 Å². The number of guanidine groups is 1. The summed E-state index contributed by atoms with van der Waals surface area (Å²) in [7, 11) is 3.49. The lowest BCUT2D eigenvalue weighted by atomic mass is 10.1. The summed E-state index contributed by atoms with van der Waals surface area (Å²) in [5, 5.41) is 6.71. The quantitative estimate of drug-likeness (QED) is 0.375. The Labute approximate surface area is 162 Å². The molecule has 136 valence electrons. The Morgan fingerprint density at radius 3 is 2.71 bits per heavy atom. The zero-order valence-electron chi connectivity index (χ0n) is 14.6. The van der Waals surface area contributed by atoms with Gasteiger partial charge in [-0.05, 0) is 24.1 Å². The van der Waals surface area contributed by atoms with Gasteiger partial charge in [-0.15, -0.1) is 24.0 Å². The molecule has 0 aliphatic carbocycles. The number of ether oxygens (including phenoxy) is 2. The van der Waals surface area contributed by atoms with E-state index in [4.69, 9.17) is 9.47 Å². The van der Waals surface area contributed by atoms with Gasteiger partial charge in [0.25, 0.3) is 0 Å². The molecule has 2 rings (SSSR count). The topological polar surface area (TPSA) is 58.1 Å². The number of benzene rings is 1. The molecule has 0 saturated carbocycles. The van der Waals surface area contributed by atoms with Crippen molar-refractivity contribution >= 4 is 29.9 Å². The highest BCUT2D eigenvalue weighted by molar-refractivity contribution is 14.0. The Morgan fingerprint density at radius 1 is 1.25 bits per heavy atom. The zero-order chi connectivity index (χ0) is 16.3. The van der Waals surface area contributed by atoms with Crippen molar-refractivity contribution < 1.29 is 9.47 Å². The Hall–Kier alpha value is -1.06. The number of nitrogens with one attached hydrogen (secondary N) is 2. The van der Waals surface area contributed by atoms with Crippen LogP contribution < -0.4 is 15.4 Å². The molecule has 1 aromatic carbocycles. The fourth-order valence-corrected chi connectivity index (χ4v) is 2.53. The van der Waals surface area contributed by atoms with E-state index in [-0.39, 0.29) is 24.0 Å². The van der Waals surface area contributed by atoms with Gasteiger partial charge in [-0.2, -0.15) is 0 Å². The fourth-order valence-electron chi connectivity index (χ4n) is 2.53. The van der Waals surface area contributed by atoms with E-state index in [0.29, 0.717) is 0 Å². The minimum absolute atomic E-state index is 0. The van der Waals surface area contributed by atoms with Gasteiger partial charge in [0.2, 0.25) is 0 Å².